The molecule has 21 heavy (non-hydrogen) atoms. The molecule has 5 heteroatoms. The quantitative estimate of drug-likeness (QED) is 0.627. The average molecular weight is 348 g/mol. The minimum Gasteiger partial charge on any atom is -0.383 e. The molecular formula is C16H18BrN3O. The first-order valence-electron chi connectivity index (χ1n) is 6.60. The third kappa shape index (κ3) is 3.61. The molecule has 0 aliphatic carbocycles. The molecule has 0 fully saturated rings. The van der Waals surface area contributed by atoms with Crippen molar-refractivity contribution in [3.63, 3.8) is 0 Å². The number of carbonyl (C=O) groups is 1. The number of imidazole rings is 1. The number of hydrogen-bond donors (Lipinski definition) is 0. The number of nitrogens with zero attached hydrogens (tertiary/aromatic N) is 3. The van der Waals surface area contributed by atoms with Gasteiger partial charge in [-0.3, -0.25) is 4.79 Å². The topological polar surface area (TPSA) is 38.1 Å². The fourth-order valence-corrected chi connectivity index (χ4v) is 2.45. The number of halogens is 1. The molecule has 0 unspecified atom stereocenters. The molecule has 0 saturated heterocycles. The molecule has 1 aromatic carbocycles. The molecule has 1 aromatic heterocycles. The summed E-state index contributed by atoms with van der Waals surface area (Å²) < 4.78 is 2.82. The predicted molar refractivity (Wildman–Crippen MR) is 87.9 cm³/mol. The van der Waals surface area contributed by atoms with Gasteiger partial charge in [0.2, 0.25) is 0 Å². The number of ketones is 1. The van der Waals surface area contributed by atoms with E-state index in [1.807, 2.05) is 61.8 Å². The summed E-state index contributed by atoms with van der Waals surface area (Å²) in [5, 5.41) is 0. The highest BCUT2D eigenvalue weighted by Gasteiger charge is 2.13. The van der Waals surface area contributed by atoms with E-state index in [2.05, 4.69) is 20.9 Å². The van der Waals surface area contributed by atoms with E-state index in [0.717, 1.165) is 21.7 Å². The zero-order valence-electron chi connectivity index (χ0n) is 12.6. The Bertz CT molecular complexity index is 702. The summed E-state index contributed by atoms with van der Waals surface area (Å²) in [5.41, 5.74) is 2.41. The third-order valence-electron chi connectivity index (χ3n) is 3.01. The summed E-state index contributed by atoms with van der Waals surface area (Å²) in [7, 11) is 3.77. The van der Waals surface area contributed by atoms with Gasteiger partial charge in [-0.05, 0) is 32.0 Å². The monoisotopic (exact) mass is 347 g/mol. The van der Waals surface area contributed by atoms with Gasteiger partial charge in [-0.2, -0.15) is 0 Å². The van der Waals surface area contributed by atoms with Crippen molar-refractivity contribution in [2.75, 3.05) is 14.1 Å². The first-order chi connectivity index (χ1) is 9.88. The molecule has 0 atom stereocenters. The van der Waals surface area contributed by atoms with E-state index in [-0.39, 0.29) is 5.78 Å². The second kappa shape index (κ2) is 6.26. The van der Waals surface area contributed by atoms with Crippen LogP contribution in [0.2, 0.25) is 0 Å². The normalized spacial score (nSPS) is 11.1. The number of allylic oxidation sites excluding steroid dienone is 1. The number of rotatable bonds is 4. The molecule has 110 valence electrons. The van der Waals surface area contributed by atoms with Crippen molar-refractivity contribution in [2.45, 2.75) is 13.8 Å². The molecule has 0 N–H and O–H groups in total. The van der Waals surface area contributed by atoms with Crippen LogP contribution in [0.1, 0.15) is 21.9 Å². The van der Waals surface area contributed by atoms with E-state index in [9.17, 15) is 4.79 Å². The lowest BCUT2D eigenvalue weighted by atomic mass is 10.1. The third-order valence-corrected chi connectivity index (χ3v) is 3.50. The maximum Gasteiger partial charge on any atom is 0.189 e. The maximum atomic E-state index is 12.4. The number of aryl methyl sites for hydroxylation is 2. The standard InChI is InChI=1S/C16H18BrN3O/c1-11-10-20(12(2)18-11)15-6-5-13(17)9-14(15)16(21)7-8-19(3)4/h5-10H,1-4H3. The van der Waals surface area contributed by atoms with Gasteiger partial charge in [-0.1, -0.05) is 15.9 Å². The van der Waals surface area contributed by atoms with Crippen LogP contribution < -0.4 is 0 Å². The summed E-state index contributed by atoms with van der Waals surface area (Å²) >= 11 is 3.43. The highest BCUT2D eigenvalue weighted by molar-refractivity contribution is 9.10. The van der Waals surface area contributed by atoms with Crippen LogP contribution in [0.3, 0.4) is 0 Å². The highest BCUT2D eigenvalue weighted by atomic mass is 79.9. The fourth-order valence-electron chi connectivity index (χ4n) is 2.08. The molecule has 1 heterocycles. The first kappa shape index (κ1) is 15.5. The van der Waals surface area contributed by atoms with Crippen LogP contribution in [0.25, 0.3) is 5.69 Å². The predicted octanol–water partition coefficient (Wildman–Crippen LogP) is 3.51. The van der Waals surface area contributed by atoms with Crippen LogP contribution in [0.5, 0.6) is 0 Å². The summed E-state index contributed by atoms with van der Waals surface area (Å²) in [6, 6.07) is 5.69. The number of carbonyl (C=O) groups excluding carboxylic acids is 1. The Balaban J connectivity index is 2.53. The molecule has 4 nitrogen and oxygen atoms in total. The van der Waals surface area contributed by atoms with Gasteiger partial charge in [0.25, 0.3) is 0 Å². The van der Waals surface area contributed by atoms with E-state index in [1.165, 1.54) is 0 Å². The zero-order chi connectivity index (χ0) is 15.6. The molecule has 0 radical (unpaired) electrons. The highest BCUT2D eigenvalue weighted by Crippen LogP contribution is 2.23. The minimum atomic E-state index is -0.0363. The Morgan fingerprint density at radius 3 is 2.62 bits per heavy atom. The lowest BCUT2D eigenvalue weighted by molar-refractivity contribution is 0.104. The van der Waals surface area contributed by atoms with Crippen molar-refractivity contribution in [2.24, 2.45) is 0 Å². The first-order valence-corrected chi connectivity index (χ1v) is 7.39. The number of hydrogen-bond acceptors (Lipinski definition) is 3. The molecule has 0 aliphatic heterocycles. The van der Waals surface area contributed by atoms with Gasteiger partial charge in [-0.15, -0.1) is 0 Å². The van der Waals surface area contributed by atoms with Crippen molar-refractivity contribution in [1.82, 2.24) is 14.5 Å². The Kier molecular flexibility index (Phi) is 4.63. The SMILES string of the molecule is Cc1cn(-c2ccc(Br)cc2C(=O)C=CN(C)C)c(C)n1. The van der Waals surface area contributed by atoms with Crippen molar-refractivity contribution < 1.29 is 4.79 Å². The maximum absolute atomic E-state index is 12.4. The minimum absolute atomic E-state index is 0.0363. The number of aromatic nitrogens is 2. The van der Waals surface area contributed by atoms with Gasteiger partial charge in [0.05, 0.1) is 11.4 Å². The molecule has 2 aromatic rings. The van der Waals surface area contributed by atoms with Crippen LogP contribution in [0.4, 0.5) is 0 Å². The van der Waals surface area contributed by atoms with Gasteiger partial charge in [0.15, 0.2) is 5.78 Å². The van der Waals surface area contributed by atoms with Gasteiger partial charge < -0.3 is 9.47 Å². The summed E-state index contributed by atoms with van der Waals surface area (Å²) in [6.07, 6.45) is 5.26. The van der Waals surface area contributed by atoms with Crippen molar-refractivity contribution in [3.05, 3.63) is 58.2 Å². The molecular weight excluding hydrogens is 330 g/mol. The lowest BCUT2D eigenvalue weighted by Gasteiger charge is -2.11. The summed E-state index contributed by atoms with van der Waals surface area (Å²) in [5.74, 6) is 0.825. The zero-order valence-corrected chi connectivity index (χ0v) is 14.2. The molecule has 2 rings (SSSR count). The molecule has 0 bridgehead atoms. The Morgan fingerprint density at radius 2 is 2.05 bits per heavy atom. The summed E-state index contributed by atoms with van der Waals surface area (Å²) in [6.45, 7) is 3.87. The van der Waals surface area contributed by atoms with E-state index in [4.69, 9.17) is 0 Å². The summed E-state index contributed by atoms with van der Waals surface area (Å²) in [4.78, 5) is 18.7. The van der Waals surface area contributed by atoms with Crippen LogP contribution >= 0.6 is 15.9 Å². The van der Waals surface area contributed by atoms with Crippen LogP contribution in [-0.4, -0.2) is 34.3 Å². The van der Waals surface area contributed by atoms with Gasteiger partial charge >= 0.3 is 0 Å². The van der Waals surface area contributed by atoms with Crippen LogP contribution in [0, 0.1) is 13.8 Å². The largest absolute Gasteiger partial charge is 0.383 e. The Morgan fingerprint density at radius 1 is 1.33 bits per heavy atom. The van der Waals surface area contributed by atoms with E-state index in [0.29, 0.717) is 5.56 Å². The number of benzene rings is 1. The molecule has 0 spiro atoms. The van der Waals surface area contributed by atoms with Crippen LogP contribution in [0.15, 0.2) is 41.1 Å². The Labute approximate surface area is 133 Å². The van der Waals surface area contributed by atoms with E-state index in [1.54, 1.807) is 12.3 Å². The van der Waals surface area contributed by atoms with Crippen molar-refractivity contribution in [3.8, 4) is 5.69 Å². The van der Waals surface area contributed by atoms with Gasteiger partial charge in [0.1, 0.15) is 5.82 Å². The average Bonchev–Trinajstić information content (AvgIpc) is 2.74. The lowest BCUT2D eigenvalue weighted by Crippen LogP contribution is -2.07. The Hall–Kier alpha value is -1.88. The molecule has 0 amide bonds. The second-order valence-electron chi connectivity index (χ2n) is 5.10. The molecule has 0 saturated carbocycles. The van der Waals surface area contributed by atoms with Gasteiger partial charge in [-0.25, -0.2) is 4.98 Å². The fraction of sp³-hybridized carbons (Fsp3) is 0.250. The molecule has 0 aliphatic rings. The second-order valence-corrected chi connectivity index (χ2v) is 6.02. The van der Waals surface area contributed by atoms with Crippen molar-refractivity contribution in [1.29, 1.82) is 0 Å². The van der Waals surface area contributed by atoms with Crippen molar-refractivity contribution >= 4 is 21.7 Å². The van der Waals surface area contributed by atoms with E-state index < -0.39 is 0 Å². The van der Waals surface area contributed by atoms with Gasteiger partial charge in [0, 0.05) is 42.6 Å². The van der Waals surface area contributed by atoms with Crippen LogP contribution in [-0.2, 0) is 0 Å². The van der Waals surface area contributed by atoms with E-state index >= 15 is 0 Å². The smallest absolute Gasteiger partial charge is 0.189 e.